The molecular weight excluding hydrogens is 911 g/mol. The number of hydrogen-bond acceptors (Lipinski definition) is 5. The molecule has 1 amide bonds. The Balaban J connectivity index is 3.46. The van der Waals surface area contributed by atoms with Crippen LogP contribution in [-0.2, 0) is 14.3 Å². The third-order valence-corrected chi connectivity index (χ3v) is 15.4. The van der Waals surface area contributed by atoms with Crippen molar-refractivity contribution in [3.8, 4) is 0 Å². The van der Waals surface area contributed by atoms with Crippen molar-refractivity contribution in [3.05, 3.63) is 36.5 Å². The summed E-state index contributed by atoms with van der Waals surface area (Å²) in [6.07, 6.45) is 80.5. The maximum atomic E-state index is 12.5. The lowest BCUT2D eigenvalue weighted by Crippen LogP contribution is -2.45. The lowest BCUT2D eigenvalue weighted by Gasteiger charge is -2.20. The van der Waals surface area contributed by atoms with Gasteiger partial charge in [-0.05, 0) is 64.2 Å². The summed E-state index contributed by atoms with van der Waals surface area (Å²) in [4.78, 5) is 24.6. The van der Waals surface area contributed by atoms with Gasteiger partial charge in [0.25, 0.3) is 0 Å². The van der Waals surface area contributed by atoms with Crippen molar-refractivity contribution < 1.29 is 24.5 Å². The number of unbranched alkanes of at least 4 members (excludes halogenated alkanes) is 47. The van der Waals surface area contributed by atoms with Crippen LogP contribution in [0.4, 0.5) is 0 Å². The number of aliphatic hydroxyl groups excluding tert-OH is 2. The fourth-order valence-corrected chi connectivity index (χ4v) is 10.3. The molecule has 2 atom stereocenters. The van der Waals surface area contributed by atoms with E-state index < -0.39 is 12.1 Å². The molecular formula is C68H129NO5. The topological polar surface area (TPSA) is 95.9 Å². The van der Waals surface area contributed by atoms with E-state index in [1.807, 2.05) is 6.08 Å². The minimum Gasteiger partial charge on any atom is -0.466 e. The molecule has 0 heterocycles. The summed E-state index contributed by atoms with van der Waals surface area (Å²) < 4.78 is 5.49. The highest BCUT2D eigenvalue weighted by molar-refractivity contribution is 5.76. The molecule has 0 rings (SSSR count). The number of rotatable bonds is 62. The highest BCUT2D eigenvalue weighted by Gasteiger charge is 2.18. The number of carbonyl (C=O) groups excluding carboxylic acids is 2. The normalized spacial score (nSPS) is 12.8. The van der Waals surface area contributed by atoms with Crippen molar-refractivity contribution in [2.24, 2.45) is 0 Å². The van der Waals surface area contributed by atoms with E-state index in [2.05, 4.69) is 43.5 Å². The summed E-state index contributed by atoms with van der Waals surface area (Å²) >= 11 is 0. The predicted molar refractivity (Wildman–Crippen MR) is 324 cm³/mol. The van der Waals surface area contributed by atoms with Crippen LogP contribution in [0.25, 0.3) is 0 Å². The Morgan fingerprint density at radius 1 is 0.378 bits per heavy atom. The maximum Gasteiger partial charge on any atom is 0.305 e. The van der Waals surface area contributed by atoms with Gasteiger partial charge >= 0.3 is 5.97 Å². The summed E-state index contributed by atoms with van der Waals surface area (Å²) in [5.74, 6) is -0.0658. The highest BCUT2D eigenvalue weighted by atomic mass is 16.5. The maximum absolute atomic E-state index is 12.5. The van der Waals surface area contributed by atoms with Gasteiger partial charge in [0.2, 0.25) is 5.91 Å². The first-order valence-electron chi connectivity index (χ1n) is 33.3. The molecule has 0 saturated heterocycles. The number of esters is 1. The molecule has 0 fully saturated rings. The van der Waals surface area contributed by atoms with Crippen molar-refractivity contribution in [1.82, 2.24) is 5.32 Å². The molecule has 0 saturated carbocycles. The van der Waals surface area contributed by atoms with Crippen LogP contribution >= 0.6 is 0 Å². The SMILES string of the molecule is CCCCCCCCCCCCCCCCCC/C=C/C(O)C(CO)NC(=O)CCCCCCCCC/C=C\C/C=C\CCCCCCCCCCCOC(=O)CCCCCCCCCCCCCCCCCC. The summed E-state index contributed by atoms with van der Waals surface area (Å²) in [5.41, 5.74) is 0. The van der Waals surface area contributed by atoms with Gasteiger partial charge in [0.05, 0.1) is 25.4 Å². The summed E-state index contributed by atoms with van der Waals surface area (Å²) in [5, 5.41) is 23.2. The number of hydrogen-bond donors (Lipinski definition) is 3. The van der Waals surface area contributed by atoms with Gasteiger partial charge in [-0.2, -0.15) is 0 Å². The standard InChI is InChI=1S/C68H129NO5/c1-3-5-7-9-11-13-15-17-19-21-29-32-36-40-44-48-52-56-60-66(71)65(64-70)69-67(72)61-57-53-49-45-41-37-33-30-27-25-23-22-24-26-28-31-35-39-43-47-51-55-59-63-74-68(73)62-58-54-50-46-42-38-34-20-18-16-14-12-10-8-6-4-2/h22,24-25,27,56,60,65-66,70-71H,3-21,23,26,28-55,57-59,61-64H2,1-2H3,(H,69,72)/b24-22-,27-25-,60-56+. The molecule has 0 aromatic carbocycles. The monoisotopic (exact) mass is 1040 g/mol. The van der Waals surface area contributed by atoms with Crippen molar-refractivity contribution in [3.63, 3.8) is 0 Å². The molecule has 0 aliphatic rings. The van der Waals surface area contributed by atoms with Gasteiger partial charge in [-0.25, -0.2) is 0 Å². The Hall–Kier alpha value is -1.92. The highest BCUT2D eigenvalue weighted by Crippen LogP contribution is 2.18. The number of nitrogens with one attached hydrogen (secondary N) is 1. The molecule has 74 heavy (non-hydrogen) atoms. The van der Waals surface area contributed by atoms with Crippen LogP contribution in [0.2, 0.25) is 0 Å². The minimum absolute atomic E-state index is 0.0103. The number of aliphatic hydroxyl groups is 2. The second-order valence-electron chi connectivity index (χ2n) is 22.8. The first-order chi connectivity index (χ1) is 36.5. The molecule has 3 N–H and O–H groups in total. The van der Waals surface area contributed by atoms with Crippen LogP contribution in [-0.4, -0.2) is 47.4 Å². The van der Waals surface area contributed by atoms with Crippen LogP contribution in [0.15, 0.2) is 36.5 Å². The zero-order valence-electron chi connectivity index (χ0n) is 49.8. The zero-order chi connectivity index (χ0) is 53.6. The summed E-state index contributed by atoms with van der Waals surface area (Å²) in [6, 6.07) is -0.636. The number of allylic oxidation sites excluding steroid dienone is 5. The van der Waals surface area contributed by atoms with E-state index in [4.69, 9.17) is 4.74 Å². The third kappa shape index (κ3) is 59.3. The Morgan fingerprint density at radius 2 is 0.676 bits per heavy atom. The van der Waals surface area contributed by atoms with Gasteiger partial charge in [-0.15, -0.1) is 0 Å². The number of ether oxygens (including phenoxy) is 1. The molecule has 0 spiro atoms. The summed E-state index contributed by atoms with van der Waals surface area (Å²) in [7, 11) is 0. The molecule has 2 unspecified atom stereocenters. The van der Waals surface area contributed by atoms with Crippen LogP contribution in [0.5, 0.6) is 0 Å². The molecule has 0 aromatic rings. The molecule has 0 aromatic heterocycles. The van der Waals surface area contributed by atoms with E-state index in [0.717, 1.165) is 57.8 Å². The third-order valence-electron chi connectivity index (χ3n) is 15.4. The quantitative estimate of drug-likeness (QED) is 0.0320. The van der Waals surface area contributed by atoms with Crippen LogP contribution < -0.4 is 5.32 Å². The van der Waals surface area contributed by atoms with Gasteiger partial charge in [0.1, 0.15) is 0 Å². The van der Waals surface area contributed by atoms with E-state index in [1.54, 1.807) is 6.08 Å². The smallest absolute Gasteiger partial charge is 0.305 e. The van der Waals surface area contributed by atoms with Gasteiger partial charge < -0.3 is 20.3 Å². The molecule has 0 aliphatic heterocycles. The Bertz CT molecular complexity index is 1200. The van der Waals surface area contributed by atoms with E-state index in [1.165, 1.54) is 276 Å². The molecule has 0 bridgehead atoms. The van der Waals surface area contributed by atoms with Crippen molar-refractivity contribution in [2.45, 2.75) is 373 Å². The van der Waals surface area contributed by atoms with Crippen molar-refractivity contribution in [2.75, 3.05) is 13.2 Å². The molecule has 436 valence electrons. The Morgan fingerprint density at radius 3 is 1.03 bits per heavy atom. The summed E-state index contributed by atoms with van der Waals surface area (Å²) in [6.45, 7) is 4.92. The van der Waals surface area contributed by atoms with Gasteiger partial charge in [0.15, 0.2) is 0 Å². The average molecular weight is 1040 g/mol. The second-order valence-corrected chi connectivity index (χ2v) is 22.8. The Labute approximate surface area is 462 Å². The molecule has 6 nitrogen and oxygen atoms in total. The molecule has 0 radical (unpaired) electrons. The lowest BCUT2D eigenvalue weighted by molar-refractivity contribution is -0.143. The largest absolute Gasteiger partial charge is 0.466 e. The van der Waals surface area contributed by atoms with E-state index in [0.29, 0.717) is 19.4 Å². The van der Waals surface area contributed by atoms with Crippen LogP contribution in [0.3, 0.4) is 0 Å². The number of carbonyl (C=O) groups is 2. The molecule has 6 heteroatoms. The minimum atomic E-state index is -0.852. The van der Waals surface area contributed by atoms with Crippen LogP contribution in [0, 0.1) is 0 Å². The molecule has 0 aliphatic carbocycles. The second kappa shape index (κ2) is 63.6. The van der Waals surface area contributed by atoms with Gasteiger partial charge in [-0.1, -0.05) is 320 Å². The van der Waals surface area contributed by atoms with Crippen molar-refractivity contribution in [1.29, 1.82) is 0 Å². The fourth-order valence-electron chi connectivity index (χ4n) is 10.3. The van der Waals surface area contributed by atoms with E-state index >= 15 is 0 Å². The zero-order valence-corrected chi connectivity index (χ0v) is 49.8. The Kier molecular flexibility index (Phi) is 62.0. The predicted octanol–water partition coefficient (Wildman–Crippen LogP) is 21.1. The first-order valence-corrected chi connectivity index (χ1v) is 33.3. The number of amides is 1. The fraction of sp³-hybridized carbons (Fsp3) is 0.882. The van der Waals surface area contributed by atoms with E-state index in [-0.39, 0.29) is 18.5 Å². The van der Waals surface area contributed by atoms with E-state index in [9.17, 15) is 19.8 Å². The lowest BCUT2D eigenvalue weighted by atomic mass is 10.0. The average Bonchev–Trinajstić information content (AvgIpc) is 3.40. The van der Waals surface area contributed by atoms with Gasteiger partial charge in [0, 0.05) is 12.8 Å². The van der Waals surface area contributed by atoms with Gasteiger partial charge in [-0.3, -0.25) is 9.59 Å². The van der Waals surface area contributed by atoms with Crippen molar-refractivity contribution >= 4 is 11.9 Å². The van der Waals surface area contributed by atoms with Crippen LogP contribution in [0.1, 0.15) is 361 Å². The first kappa shape index (κ1) is 72.1.